The van der Waals surface area contributed by atoms with E-state index in [4.69, 9.17) is 4.42 Å². The Labute approximate surface area is 102 Å². The Morgan fingerprint density at radius 2 is 1.72 bits per heavy atom. The average molecular weight is 240 g/mol. The summed E-state index contributed by atoms with van der Waals surface area (Å²) < 4.78 is 5.39. The van der Waals surface area contributed by atoms with E-state index < -0.39 is 11.6 Å². The second-order valence-corrected chi connectivity index (χ2v) is 4.12. The third-order valence-electron chi connectivity index (χ3n) is 3.14. The molecule has 0 atom stereocenters. The van der Waals surface area contributed by atoms with E-state index in [1.54, 1.807) is 31.2 Å². The van der Waals surface area contributed by atoms with Gasteiger partial charge in [0.25, 0.3) is 0 Å². The van der Waals surface area contributed by atoms with E-state index in [0.717, 1.165) is 0 Å². The summed E-state index contributed by atoms with van der Waals surface area (Å²) in [6.07, 6.45) is 0.550. The van der Waals surface area contributed by atoms with Gasteiger partial charge in [0, 0.05) is 16.7 Å². The number of carbonyl (C=O) groups excluding carboxylic acids is 3. The molecule has 0 unspecified atom stereocenters. The van der Waals surface area contributed by atoms with Crippen molar-refractivity contribution in [2.45, 2.75) is 6.92 Å². The van der Waals surface area contributed by atoms with Crippen LogP contribution in [0.2, 0.25) is 0 Å². The second kappa shape index (κ2) is 3.50. The van der Waals surface area contributed by atoms with Crippen LogP contribution in [0.3, 0.4) is 0 Å². The fourth-order valence-electron chi connectivity index (χ4n) is 2.22. The van der Waals surface area contributed by atoms with E-state index in [-0.39, 0.29) is 11.3 Å². The quantitative estimate of drug-likeness (QED) is 0.567. The molecule has 1 aromatic heterocycles. The number of carbonyl (C=O) groups is 3. The third kappa shape index (κ3) is 1.17. The molecule has 4 heteroatoms. The fraction of sp³-hybridized carbons (Fsp3) is 0.0714. The predicted molar refractivity (Wildman–Crippen MR) is 62.9 cm³/mol. The monoisotopic (exact) mass is 240 g/mol. The van der Waals surface area contributed by atoms with Gasteiger partial charge in [-0.05, 0) is 6.92 Å². The van der Waals surface area contributed by atoms with Crippen LogP contribution < -0.4 is 0 Å². The molecular weight excluding hydrogens is 232 g/mol. The van der Waals surface area contributed by atoms with Gasteiger partial charge in [0.2, 0.25) is 11.6 Å². The zero-order chi connectivity index (χ0) is 12.9. The summed E-state index contributed by atoms with van der Waals surface area (Å²) in [6.45, 7) is 1.60. The number of fused-ring (bicyclic) bond motifs is 3. The van der Waals surface area contributed by atoms with E-state index in [1.165, 1.54) is 0 Å². The molecule has 18 heavy (non-hydrogen) atoms. The summed E-state index contributed by atoms with van der Waals surface area (Å²) in [5.74, 6) is -0.759. The number of furan rings is 1. The summed E-state index contributed by atoms with van der Waals surface area (Å²) in [6, 6.07) is 6.72. The van der Waals surface area contributed by atoms with E-state index in [0.29, 0.717) is 28.7 Å². The normalized spacial score (nSPS) is 13.2. The SMILES string of the molecule is Cc1c(C=O)oc2c1C(=O)C(=O)c1ccccc1-2. The van der Waals surface area contributed by atoms with Crippen LogP contribution in [0.5, 0.6) is 0 Å². The van der Waals surface area contributed by atoms with Crippen LogP contribution in [0, 0.1) is 6.92 Å². The molecule has 4 nitrogen and oxygen atoms in total. The van der Waals surface area contributed by atoms with Crippen molar-refractivity contribution in [3.63, 3.8) is 0 Å². The molecule has 0 radical (unpaired) electrons. The van der Waals surface area contributed by atoms with E-state index >= 15 is 0 Å². The van der Waals surface area contributed by atoms with Gasteiger partial charge in [-0.3, -0.25) is 14.4 Å². The van der Waals surface area contributed by atoms with E-state index in [9.17, 15) is 14.4 Å². The zero-order valence-corrected chi connectivity index (χ0v) is 9.52. The molecule has 0 N–H and O–H groups in total. The van der Waals surface area contributed by atoms with Crippen molar-refractivity contribution in [1.82, 2.24) is 0 Å². The van der Waals surface area contributed by atoms with Crippen LogP contribution in [0.15, 0.2) is 28.7 Å². The third-order valence-corrected chi connectivity index (χ3v) is 3.14. The summed E-state index contributed by atoms with van der Waals surface area (Å²) in [5.41, 5.74) is 1.52. The number of aldehydes is 1. The van der Waals surface area contributed by atoms with Crippen molar-refractivity contribution in [3.8, 4) is 11.3 Å². The highest BCUT2D eigenvalue weighted by molar-refractivity contribution is 6.53. The molecule has 3 rings (SSSR count). The van der Waals surface area contributed by atoms with Crippen molar-refractivity contribution >= 4 is 17.9 Å². The second-order valence-electron chi connectivity index (χ2n) is 4.12. The lowest BCUT2D eigenvalue weighted by molar-refractivity contribution is 0.0814. The average Bonchev–Trinajstić information content (AvgIpc) is 2.73. The van der Waals surface area contributed by atoms with Crippen molar-refractivity contribution in [3.05, 3.63) is 46.7 Å². The Morgan fingerprint density at radius 3 is 2.39 bits per heavy atom. The van der Waals surface area contributed by atoms with E-state index in [1.807, 2.05) is 0 Å². The van der Waals surface area contributed by atoms with Crippen LogP contribution >= 0.6 is 0 Å². The number of hydrogen-bond donors (Lipinski definition) is 0. The Balaban J connectivity index is 2.42. The Kier molecular flexibility index (Phi) is 2.07. The molecule has 0 saturated carbocycles. The highest BCUT2D eigenvalue weighted by atomic mass is 16.3. The van der Waals surface area contributed by atoms with Crippen molar-refractivity contribution in [1.29, 1.82) is 0 Å². The maximum absolute atomic E-state index is 12.0. The first-order chi connectivity index (χ1) is 8.65. The zero-order valence-electron chi connectivity index (χ0n) is 9.52. The largest absolute Gasteiger partial charge is 0.452 e. The van der Waals surface area contributed by atoms with Gasteiger partial charge in [-0.1, -0.05) is 24.3 Å². The smallest absolute Gasteiger partial charge is 0.237 e. The maximum atomic E-state index is 12.0. The molecule has 88 valence electrons. The predicted octanol–water partition coefficient (Wildman–Crippen LogP) is 2.45. The lowest BCUT2D eigenvalue weighted by atomic mass is 9.87. The molecule has 2 aromatic rings. The lowest BCUT2D eigenvalue weighted by Gasteiger charge is -2.12. The first-order valence-corrected chi connectivity index (χ1v) is 5.42. The Bertz CT molecular complexity index is 707. The summed E-state index contributed by atoms with van der Waals surface area (Å²) >= 11 is 0. The summed E-state index contributed by atoms with van der Waals surface area (Å²) in [7, 11) is 0. The standard InChI is InChI=1S/C14H8O4/c1-7-10(6-15)18-14-9-5-3-2-4-8(9)12(16)13(17)11(7)14/h2-6H,1H3. The number of hydrogen-bond acceptors (Lipinski definition) is 4. The molecule has 1 aliphatic rings. The van der Waals surface area contributed by atoms with Gasteiger partial charge in [0.1, 0.15) is 5.76 Å². The van der Waals surface area contributed by atoms with E-state index in [2.05, 4.69) is 0 Å². The number of ketones is 2. The van der Waals surface area contributed by atoms with Gasteiger partial charge < -0.3 is 4.42 Å². The van der Waals surface area contributed by atoms with Crippen molar-refractivity contribution in [2.24, 2.45) is 0 Å². The lowest BCUT2D eigenvalue weighted by Crippen LogP contribution is -2.20. The van der Waals surface area contributed by atoms with Gasteiger partial charge in [0.15, 0.2) is 12.0 Å². The van der Waals surface area contributed by atoms with Crippen LogP contribution in [-0.4, -0.2) is 17.9 Å². The van der Waals surface area contributed by atoms with Gasteiger partial charge >= 0.3 is 0 Å². The first-order valence-electron chi connectivity index (χ1n) is 5.42. The number of benzene rings is 1. The molecule has 0 spiro atoms. The molecule has 1 aliphatic carbocycles. The van der Waals surface area contributed by atoms with Gasteiger partial charge in [-0.15, -0.1) is 0 Å². The van der Waals surface area contributed by atoms with Crippen LogP contribution in [0.4, 0.5) is 0 Å². The molecule has 0 saturated heterocycles. The Hall–Kier alpha value is -2.49. The van der Waals surface area contributed by atoms with Gasteiger partial charge in [-0.2, -0.15) is 0 Å². The molecule has 1 heterocycles. The molecule has 0 bridgehead atoms. The molecule has 0 aliphatic heterocycles. The number of Topliss-reactive ketones (excluding diaryl/α,β-unsaturated/α-hetero) is 2. The summed E-state index contributed by atoms with van der Waals surface area (Å²) in [4.78, 5) is 34.8. The van der Waals surface area contributed by atoms with Crippen LogP contribution in [0.25, 0.3) is 11.3 Å². The number of rotatable bonds is 1. The molecule has 1 aromatic carbocycles. The van der Waals surface area contributed by atoms with Crippen molar-refractivity contribution < 1.29 is 18.8 Å². The molecular formula is C14H8O4. The van der Waals surface area contributed by atoms with Gasteiger partial charge in [0.05, 0.1) is 5.56 Å². The minimum absolute atomic E-state index is 0.0952. The minimum Gasteiger partial charge on any atom is -0.452 e. The molecule has 0 fully saturated rings. The van der Waals surface area contributed by atoms with Crippen LogP contribution in [-0.2, 0) is 0 Å². The first kappa shape index (κ1) is 10.7. The Morgan fingerprint density at radius 1 is 1.06 bits per heavy atom. The van der Waals surface area contributed by atoms with Crippen molar-refractivity contribution in [2.75, 3.05) is 0 Å². The van der Waals surface area contributed by atoms with Crippen LogP contribution in [0.1, 0.15) is 36.8 Å². The topological polar surface area (TPSA) is 64.3 Å². The highest BCUT2D eigenvalue weighted by Gasteiger charge is 2.35. The summed E-state index contributed by atoms with van der Waals surface area (Å²) in [5, 5.41) is 0. The maximum Gasteiger partial charge on any atom is 0.237 e. The highest BCUT2D eigenvalue weighted by Crippen LogP contribution is 2.37. The molecule has 0 amide bonds. The minimum atomic E-state index is -0.613. The van der Waals surface area contributed by atoms with Gasteiger partial charge in [-0.25, -0.2) is 0 Å². The fourth-order valence-corrected chi connectivity index (χ4v) is 2.22.